The topological polar surface area (TPSA) is 96.6 Å². The Kier molecular flexibility index (Phi) is 5.38. The summed E-state index contributed by atoms with van der Waals surface area (Å²) in [5.41, 5.74) is 0.517. The molecule has 1 heterocycles. The van der Waals surface area contributed by atoms with Crippen molar-refractivity contribution in [2.24, 2.45) is 0 Å². The van der Waals surface area contributed by atoms with Crippen molar-refractivity contribution in [2.45, 2.75) is 30.8 Å². The van der Waals surface area contributed by atoms with Crippen LogP contribution >= 0.6 is 0 Å². The summed E-state index contributed by atoms with van der Waals surface area (Å²) < 4.78 is 25.8. The molecular formula is C22H23NO5S. The van der Waals surface area contributed by atoms with Crippen molar-refractivity contribution in [1.82, 2.24) is 4.57 Å². The Morgan fingerprint density at radius 2 is 1.76 bits per heavy atom. The molecule has 0 saturated heterocycles. The summed E-state index contributed by atoms with van der Waals surface area (Å²) in [4.78, 5) is 12.1. The average molecular weight is 413 g/mol. The van der Waals surface area contributed by atoms with Gasteiger partial charge in [0, 0.05) is 35.0 Å². The molecule has 0 amide bonds. The predicted octanol–water partition coefficient (Wildman–Crippen LogP) is 3.54. The first-order chi connectivity index (χ1) is 13.6. The molecule has 0 aliphatic heterocycles. The summed E-state index contributed by atoms with van der Waals surface area (Å²) in [6.45, 7) is 3.35. The molecule has 7 heteroatoms. The maximum Gasteiger partial charge on any atom is 0.340 e. The Morgan fingerprint density at radius 3 is 2.31 bits per heavy atom. The molecular weight excluding hydrogens is 390 g/mol. The van der Waals surface area contributed by atoms with Gasteiger partial charge >= 0.3 is 5.97 Å². The summed E-state index contributed by atoms with van der Waals surface area (Å²) >= 11 is 0. The van der Waals surface area contributed by atoms with Gasteiger partial charge in [-0.15, -0.1) is 0 Å². The van der Waals surface area contributed by atoms with E-state index in [1.54, 1.807) is 36.7 Å². The van der Waals surface area contributed by atoms with Crippen LogP contribution in [0.2, 0.25) is 0 Å². The number of carboxylic acid groups (broad SMARTS) is 1. The Hall–Kier alpha value is -2.90. The highest BCUT2D eigenvalue weighted by Gasteiger charge is 2.41. The van der Waals surface area contributed by atoms with Gasteiger partial charge in [0.25, 0.3) is 0 Å². The van der Waals surface area contributed by atoms with E-state index in [2.05, 4.69) is 0 Å². The van der Waals surface area contributed by atoms with Crippen LogP contribution in [0.5, 0.6) is 0 Å². The Bertz CT molecular complexity index is 1170. The van der Waals surface area contributed by atoms with Gasteiger partial charge < -0.3 is 14.8 Å². The fourth-order valence-corrected chi connectivity index (χ4v) is 4.20. The Balaban J connectivity index is 2.36. The molecule has 0 fully saturated rings. The number of aliphatic carboxylic acids is 1. The SMILES string of the molecule is CCC(O)(C(=O)O)c1c(-c2cccc(S(C)(=O)=O)c2)cn(-c2ccccc2)c1C. The van der Waals surface area contributed by atoms with Gasteiger partial charge in [0.2, 0.25) is 0 Å². The van der Waals surface area contributed by atoms with E-state index < -0.39 is 21.4 Å². The summed E-state index contributed by atoms with van der Waals surface area (Å²) in [6, 6.07) is 15.7. The molecule has 0 saturated carbocycles. The van der Waals surface area contributed by atoms with Gasteiger partial charge in [-0.3, -0.25) is 0 Å². The van der Waals surface area contributed by atoms with E-state index in [0.29, 0.717) is 16.8 Å². The lowest BCUT2D eigenvalue weighted by molar-refractivity contribution is -0.160. The molecule has 0 aliphatic rings. The van der Waals surface area contributed by atoms with Crippen LogP contribution in [0.15, 0.2) is 65.7 Å². The predicted molar refractivity (Wildman–Crippen MR) is 111 cm³/mol. The first-order valence-corrected chi connectivity index (χ1v) is 11.0. The van der Waals surface area contributed by atoms with Crippen molar-refractivity contribution in [2.75, 3.05) is 6.26 Å². The van der Waals surface area contributed by atoms with Crippen LogP contribution in [-0.2, 0) is 20.2 Å². The summed E-state index contributed by atoms with van der Waals surface area (Å²) in [5, 5.41) is 20.8. The van der Waals surface area contributed by atoms with Crippen LogP contribution in [0.3, 0.4) is 0 Å². The third kappa shape index (κ3) is 3.71. The highest BCUT2D eigenvalue weighted by molar-refractivity contribution is 7.90. The summed E-state index contributed by atoms with van der Waals surface area (Å²) in [5.74, 6) is -1.35. The van der Waals surface area contributed by atoms with E-state index in [4.69, 9.17) is 0 Å². The summed E-state index contributed by atoms with van der Waals surface area (Å²) in [6.07, 6.45) is 2.82. The zero-order valence-corrected chi connectivity index (χ0v) is 17.3. The minimum atomic E-state index is -3.44. The van der Waals surface area contributed by atoms with Crippen LogP contribution in [-0.4, -0.2) is 35.4 Å². The molecule has 0 bridgehead atoms. The van der Waals surface area contributed by atoms with Crippen LogP contribution in [0.4, 0.5) is 0 Å². The summed E-state index contributed by atoms with van der Waals surface area (Å²) in [7, 11) is -3.44. The standard InChI is InChI=1S/C22H23NO5S/c1-4-22(26,21(24)25)20-15(2)23(17-10-6-5-7-11-17)14-19(20)16-9-8-12-18(13-16)29(3,27)28/h5-14,26H,4H2,1-3H3,(H,24,25). The molecule has 1 aromatic heterocycles. The van der Waals surface area contributed by atoms with Crippen molar-refractivity contribution in [1.29, 1.82) is 0 Å². The highest BCUT2D eigenvalue weighted by Crippen LogP contribution is 2.39. The quantitative estimate of drug-likeness (QED) is 0.644. The van der Waals surface area contributed by atoms with Crippen LogP contribution in [0, 0.1) is 6.92 Å². The lowest BCUT2D eigenvalue weighted by Crippen LogP contribution is -2.35. The number of aliphatic hydroxyl groups is 1. The number of aromatic nitrogens is 1. The molecule has 3 aromatic rings. The number of sulfone groups is 1. The largest absolute Gasteiger partial charge is 0.479 e. The fraction of sp³-hybridized carbons (Fsp3) is 0.227. The molecule has 2 N–H and O–H groups in total. The van der Waals surface area contributed by atoms with Crippen LogP contribution in [0.1, 0.15) is 24.6 Å². The molecule has 6 nitrogen and oxygen atoms in total. The maximum atomic E-state index is 12.0. The minimum absolute atomic E-state index is 0.0409. The van der Waals surface area contributed by atoms with E-state index in [0.717, 1.165) is 11.9 Å². The molecule has 1 unspecified atom stereocenters. The third-order valence-corrected chi connectivity index (χ3v) is 6.25. The fourth-order valence-electron chi connectivity index (χ4n) is 3.53. The van der Waals surface area contributed by atoms with E-state index in [1.807, 2.05) is 30.3 Å². The molecule has 152 valence electrons. The van der Waals surface area contributed by atoms with Gasteiger partial charge in [-0.05, 0) is 43.2 Å². The van der Waals surface area contributed by atoms with Gasteiger partial charge in [0.05, 0.1) is 4.90 Å². The number of hydrogen-bond donors (Lipinski definition) is 2. The van der Waals surface area contributed by atoms with E-state index in [1.165, 1.54) is 12.1 Å². The highest BCUT2D eigenvalue weighted by atomic mass is 32.2. The molecule has 0 radical (unpaired) electrons. The second-order valence-corrected chi connectivity index (χ2v) is 9.04. The maximum absolute atomic E-state index is 12.0. The zero-order valence-electron chi connectivity index (χ0n) is 16.5. The number of hydrogen-bond acceptors (Lipinski definition) is 4. The first-order valence-electron chi connectivity index (χ1n) is 9.13. The lowest BCUT2D eigenvalue weighted by Gasteiger charge is -2.24. The number of carboxylic acids is 1. The molecule has 3 rings (SSSR count). The van der Waals surface area contributed by atoms with Gasteiger partial charge in [-0.25, -0.2) is 13.2 Å². The van der Waals surface area contributed by atoms with Crippen molar-refractivity contribution in [3.8, 4) is 16.8 Å². The molecule has 2 aromatic carbocycles. The second-order valence-electron chi connectivity index (χ2n) is 7.03. The lowest BCUT2D eigenvalue weighted by atomic mass is 9.86. The molecule has 0 spiro atoms. The van der Waals surface area contributed by atoms with E-state index >= 15 is 0 Å². The van der Waals surface area contributed by atoms with Crippen molar-refractivity contribution in [3.05, 3.63) is 72.1 Å². The number of para-hydroxylation sites is 1. The van der Waals surface area contributed by atoms with Gasteiger partial charge in [0.1, 0.15) is 0 Å². The van der Waals surface area contributed by atoms with Crippen LogP contribution in [0.25, 0.3) is 16.8 Å². The van der Waals surface area contributed by atoms with Crippen molar-refractivity contribution >= 4 is 15.8 Å². The normalized spacial score (nSPS) is 13.8. The van der Waals surface area contributed by atoms with Crippen LogP contribution < -0.4 is 0 Å². The number of carbonyl (C=O) groups is 1. The monoisotopic (exact) mass is 413 g/mol. The Morgan fingerprint density at radius 1 is 1.10 bits per heavy atom. The van der Waals surface area contributed by atoms with E-state index in [-0.39, 0.29) is 16.9 Å². The number of nitrogens with zero attached hydrogens (tertiary/aromatic N) is 1. The van der Waals surface area contributed by atoms with Gasteiger partial charge in [-0.1, -0.05) is 37.3 Å². The molecule has 0 aliphatic carbocycles. The first kappa shape index (κ1) is 20.8. The van der Waals surface area contributed by atoms with Crippen molar-refractivity contribution in [3.63, 3.8) is 0 Å². The smallest absolute Gasteiger partial charge is 0.340 e. The number of benzene rings is 2. The molecule has 1 atom stereocenters. The number of rotatable bonds is 6. The Labute approximate surface area is 170 Å². The minimum Gasteiger partial charge on any atom is -0.479 e. The van der Waals surface area contributed by atoms with E-state index in [9.17, 15) is 23.4 Å². The van der Waals surface area contributed by atoms with Crippen molar-refractivity contribution < 1.29 is 23.4 Å². The third-order valence-electron chi connectivity index (χ3n) is 5.14. The van der Waals surface area contributed by atoms with Gasteiger partial charge in [-0.2, -0.15) is 0 Å². The zero-order chi connectivity index (χ0) is 21.4. The molecule has 29 heavy (non-hydrogen) atoms. The van der Waals surface area contributed by atoms with Gasteiger partial charge in [0.15, 0.2) is 15.4 Å². The second kappa shape index (κ2) is 7.50. The average Bonchev–Trinajstić information content (AvgIpc) is 3.05.